The van der Waals surface area contributed by atoms with Gasteiger partial charge in [-0.25, -0.2) is 9.97 Å². The van der Waals surface area contributed by atoms with Crippen LogP contribution >= 0.6 is 15.9 Å². The first-order valence-corrected chi connectivity index (χ1v) is 3.17. The molecular formula is C5H5BrN2O. The Kier molecular flexibility index (Phi) is 1.66. The van der Waals surface area contributed by atoms with Gasteiger partial charge in [0.25, 0.3) is 0 Å². The maximum atomic E-state index is 9.03. The Morgan fingerprint density at radius 3 is 2.67 bits per heavy atom. The molecule has 0 saturated carbocycles. The van der Waals surface area contributed by atoms with Crippen molar-refractivity contribution in [3.63, 3.8) is 0 Å². The summed E-state index contributed by atoms with van der Waals surface area (Å²) in [6.45, 7) is 1.71. The number of aryl methyl sites for hydroxylation is 1. The van der Waals surface area contributed by atoms with Gasteiger partial charge in [0.1, 0.15) is 6.33 Å². The third-order valence-corrected chi connectivity index (χ3v) is 1.54. The molecule has 4 heteroatoms. The van der Waals surface area contributed by atoms with Crippen molar-refractivity contribution in [1.29, 1.82) is 0 Å². The third-order valence-electron chi connectivity index (χ3n) is 0.961. The molecule has 0 spiro atoms. The Hall–Kier alpha value is -0.640. The van der Waals surface area contributed by atoms with Crippen LogP contribution in [0.15, 0.2) is 10.9 Å². The van der Waals surface area contributed by atoms with E-state index in [1.165, 1.54) is 6.33 Å². The van der Waals surface area contributed by atoms with E-state index in [1.54, 1.807) is 6.92 Å². The third kappa shape index (κ3) is 1.18. The zero-order chi connectivity index (χ0) is 6.85. The van der Waals surface area contributed by atoms with Gasteiger partial charge in [0, 0.05) is 0 Å². The molecular weight excluding hydrogens is 184 g/mol. The van der Waals surface area contributed by atoms with Gasteiger partial charge < -0.3 is 5.11 Å². The maximum Gasteiger partial charge on any atom is 0.170 e. The number of rotatable bonds is 0. The highest BCUT2D eigenvalue weighted by Gasteiger charge is 2.00. The lowest BCUT2D eigenvalue weighted by molar-refractivity contribution is 0.460. The van der Waals surface area contributed by atoms with Gasteiger partial charge in [0.05, 0.1) is 5.69 Å². The van der Waals surface area contributed by atoms with E-state index in [0.29, 0.717) is 10.3 Å². The molecule has 0 bridgehead atoms. The zero-order valence-electron chi connectivity index (χ0n) is 4.80. The molecule has 0 saturated heterocycles. The molecule has 0 radical (unpaired) electrons. The van der Waals surface area contributed by atoms with E-state index in [9.17, 15) is 0 Å². The fourth-order valence-corrected chi connectivity index (χ4v) is 0.816. The van der Waals surface area contributed by atoms with Gasteiger partial charge in [0.2, 0.25) is 0 Å². The van der Waals surface area contributed by atoms with Crippen LogP contribution in [0.3, 0.4) is 0 Å². The topological polar surface area (TPSA) is 46.0 Å². The molecule has 0 fully saturated rings. The van der Waals surface area contributed by atoms with Crippen LogP contribution in [0, 0.1) is 6.92 Å². The summed E-state index contributed by atoms with van der Waals surface area (Å²) in [5, 5.41) is 9.03. The first kappa shape index (κ1) is 6.48. The standard InChI is InChI=1S/C5H5BrN2O/c1-3-4(9)5(6)8-2-7-3/h2,9H,1H3. The number of nitrogens with zero attached hydrogens (tertiary/aromatic N) is 2. The number of aromatic hydroxyl groups is 1. The van der Waals surface area contributed by atoms with Crippen LogP contribution in [0.2, 0.25) is 0 Å². The Morgan fingerprint density at radius 2 is 2.22 bits per heavy atom. The van der Waals surface area contributed by atoms with Crippen LogP contribution in [0.5, 0.6) is 5.75 Å². The molecule has 1 rings (SSSR count). The van der Waals surface area contributed by atoms with Gasteiger partial charge in [-0.2, -0.15) is 0 Å². The monoisotopic (exact) mass is 188 g/mol. The highest BCUT2D eigenvalue weighted by molar-refractivity contribution is 9.10. The summed E-state index contributed by atoms with van der Waals surface area (Å²) in [6.07, 6.45) is 1.39. The van der Waals surface area contributed by atoms with Crippen molar-refractivity contribution in [2.24, 2.45) is 0 Å². The van der Waals surface area contributed by atoms with Crippen molar-refractivity contribution in [3.05, 3.63) is 16.6 Å². The molecule has 1 aromatic rings. The van der Waals surface area contributed by atoms with Gasteiger partial charge in [0.15, 0.2) is 10.4 Å². The summed E-state index contributed by atoms with van der Waals surface area (Å²) in [4.78, 5) is 7.44. The normalized spacial score (nSPS) is 9.56. The van der Waals surface area contributed by atoms with E-state index in [0.717, 1.165) is 0 Å². The largest absolute Gasteiger partial charge is 0.504 e. The van der Waals surface area contributed by atoms with Gasteiger partial charge in [-0.05, 0) is 22.9 Å². The minimum atomic E-state index is 0.109. The van der Waals surface area contributed by atoms with Crippen LogP contribution in [-0.2, 0) is 0 Å². The summed E-state index contributed by atoms with van der Waals surface area (Å²) in [6, 6.07) is 0. The summed E-state index contributed by atoms with van der Waals surface area (Å²) in [7, 11) is 0. The molecule has 0 aromatic carbocycles. The maximum absolute atomic E-state index is 9.03. The second-order valence-electron chi connectivity index (χ2n) is 1.60. The van der Waals surface area contributed by atoms with Crippen molar-refractivity contribution in [2.75, 3.05) is 0 Å². The molecule has 3 nitrogen and oxygen atoms in total. The predicted molar refractivity (Wildman–Crippen MR) is 36.1 cm³/mol. The molecule has 9 heavy (non-hydrogen) atoms. The van der Waals surface area contributed by atoms with Crippen LogP contribution in [0.4, 0.5) is 0 Å². The molecule has 0 amide bonds. The van der Waals surface area contributed by atoms with Gasteiger partial charge >= 0.3 is 0 Å². The summed E-state index contributed by atoms with van der Waals surface area (Å²) in [5.41, 5.74) is 0.580. The highest BCUT2D eigenvalue weighted by Crippen LogP contribution is 2.21. The minimum Gasteiger partial charge on any atom is -0.504 e. The van der Waals surface area contributed by atoms with E-state index in [1.807, 2.05) is 0 Å². The Bertz CT molecular complexity index is 206. The Balaban J connectivity index is 3.25. The van der Waals surface area contributed by atoms with Crippen LogP contribution < -0.4 is 0 Å². The number of hydrogen-bond acceptors (Lipinski definition) is 3. The first-order valence-electron chi connectivity index (χ1n) is 2.38. The molecule has 0 atom stereocenters. The number of halogens is 1. The molecule has 0 unspecified atom stereocenters. The highest BCUT2D eigenvalue weighted by atomic mass is 79.9. The summed E-state index contributed by atoms with van der Waals surface area (Å²) >= 11 is 3.04. The second kappa shape index (κ2) is 2.31. The van der Waals surface area contributed by atoms with E-state index < -0.39 is 0 Å². The van der Waals surface area contributed by atoms with Crippen LogP contribution in [0.1, 0.15) is 5.69 Å². The second-order valence-corrected chi connectivity index (χ2v) is 2.35. The lowest BCUT2D eigenvalue weighted by Crippen LogP contribution is -1.84. The van der Waals surface area contributed by atoms with Crippen molar-refractivity contribution in [3.8, 4) is 5.75 Å². The van der Waals surface area contributed by atoms with Gasteiger partial charge in [-0.1, -0.05) is 0 Å². The van der Waals surface area contributed by atoms with E-state index in [-0.39, 0.29) is 5.75 Å². The van der Waals surface area contributed by atoms with Crippen molar-refractivity contribution < 1.29 is 5.11 Å². The zero-order valence-corrected chi connectivity index (χ0v) is 6.38. The molecule has 48 valence electrons. The lowest BCUT2D eigenvalue weighted by Gasteiger charge is -1.95. The molecule has 0 aliphatic heterocycles. The fourth-order valence-electron chi connectivity index (χ4n) is 0.438. The molecule has 0 aliphatic carbocycles. The number of aromatic nitrogens is 2. The van der Waals surface area contributed by atoms with Crippen LogP contribution in [-0.4, -0.2) is 15.1 Å². The predicted octanol–water partition coefficient (Wildman–Crippen LogP) is 1.25. The van der Waals surface area contributed by atoms with E-state index in [2.05, 4.69) is 25.9 Å². The van der Waals surface area contributed by atoms with Gasteiger partial charge in [-0.15, -0.1) is 0 Å². The smallest absolute Gasteiger partial charge is 0.170 e. The SMILES string of the molecule is Cc1ncnc(Br)c1O. The lowest BCUT2D eigenvalue weighted by atomic mass is 10.4. The van der Waals surface area contributed by atoms with Crippen molar-refractivity contribution in [1.82, 2.24) is 9.97 Å². The number of hydrogen-bond donors (Lipinski definition) is 1. The minimum absolute atomic E-state index is 0.109. The fraction of sp³-hybridized carbons (Fsp3) is 0.200. The quantitative estimate of drug-likeness (QED) is 0.624. The van der Waals surface area contributed by atoms with E-state index >= 15 is 0 Å². The van der Waals surface area contributed by atoms with Crippen LogP contribution in [0.25, 0.3) is 0 Å². The summed E-state index contributed by atoms with van der Waals surface area (Å²) in [5.74, 6) is 0.109. The molecule has 1 aromatic heterocycles. The Labute approximate surface area is 60.9 Å². The molecule has 1 heterocycles. The summed E-state index contributed by atoms with van der Waals surface area (Å²) < 4.78 is 0.440. The van der Waals surface area contributed by atoms with E-state index in [4.69, 9.17) is 5.11 Å². The van der Waals surface area contributed by atoms with Crippen molar-refractivity contribution in [2.45, 2.75) is 6.92 Å². The molecule has 1 N–H and O–H groups in total. The molecule has 0 aliphatic rings. The van der Waals surface area contributed by atoms with Gasteiger partial charge in [-0.3, -0.25) is 0 Å². The van der Waals surface area contributed by atoms with Crippen molar-refractivity contribution >= 4 is 15.9 Å². The Morgan fingerprint density at radius 1 is 1.56 bits per heavy atom. The average molecular weight is 189 g/mol. The average Bonchev–Trinajstić information content (AvgIpc) is 1.83. The first-order chi connectivity index (χ1) is 4.22.